The van der Waals surface area contributed by atoms with Gasteiger partial charge in [-0.25, -0.2) is 0 Å². The van der Waals surface area contributed by atoms with Gasteiger partial charge in [-0.15, -0.1) is 0 Å². The van der Waals surface area contributed by atoms with Crippen molar-refractivity contribution in [2.45, 2.75) is 25.4 Å². The number of rotatable bonds is 3. The van der Waals surface area contributed by atoms with E-state index in [1.165, 1.54) is 0 Å². The minimum Gasteiger partial charge on any atom is -0.481 e. The van der Waals surface area contributed by atoms with Crippen molar-refractivity contribution in [2.24, 2.45) is 5.92 Å². The largest absolute Gasteiger partial charge is 0.481 e. The highest BCUT2D eigenvalue weighted by atomic mass is 16.4. The molecule has 0 aromatic rings. The van der Waals surface area contributed by atoms with Crippen LogP contribution in [0.4, 0.5) is 0 Å². The lowest BCUT2D eigenvalue weighted by atomic mass is 10.2. The van der Waals surface area contributed by atoms with Crippen molar-refractivity contribution in [3.63, 3.8) is 0 Å². The van der Waals surface area contributed by atoms with Crippen LogP contribution in [0.1, 0.15) is 19.3 Å². The smallest absolute Gasteiger partial charge is 0.305 e. The molecule has 1 rings (SSSR count). The second-order valence-corrected chi connectivity index (χ2v) is 2.50. The van der Waals surface area contributed by atoms with Crippen LogP contribution in [-0.2, 0) is 4.79 Å². The maximum atomic E-state index is 9.98. The molecular weight excluding hydrogens is 120 g/mol. The van der Waals surface area contributed by atoms with Crippen LogP contribution in [-0.4, -0.2) is 22.3 Å². The van der Waals surface area contributed by atoms with E-state index in [9.17, 15) is 4.79 Å². The number of hydrogen-bond acceptors (Lipinski definition) is 2. The van der Waals surface area contributed by atoms with Crippen LogP contribution in [0.2, 0.25) is 0 Å². The van der Waals surface area contributed by atoms with Crippen molar-refractivity contribution in [3.05, 3.63) is 0 Å². The Balaban J connectivity index is 2.17. The lowest BCUT2D eigenvalue weighted by Gasteiger charge is -2.02. The number of aliphatic hydroxyl groups excluding tert-OH is 1. The van der Waals surface area contributed by atoms with Gasteiger partial charge in [0.25, 0.3) is 0 Å². The molecule has 1 aliphatic rings. The van der Waals surface area contributed by atoms with Gasteiger partial charge in [0.15, 0.2) is 0 Å². The summed E-state index contributed by atoms with van der Waals surface area (Å²) in [7, 11) is 0. The van der Waals surface area contributed by atoms with Gasteiger partial charge in [0.1, 0.15) is 0 Å². The highest BCUT2D eigenvalue weighted by Crippen LogP contribution is 2.33. The zero-order valence-corrected chi connectivity index (χ0v) is 5.08. The summed E-state index contributed by atoms with van der Waals surface area (Å²) in [6.07, 6.45) is 1.30. The highest BCUT2D eigenvalue weighted by Gasteiger charge is 2.30. The number of aliphatic hydroxyl groups is 1. The molecule has 3 nitrogen and oxygen atoms in total. The fourth-order valence-electron chi connectivity index (χ4n) is 0.827. The van der Waals surface area contributed by atoms with Crippen molar-refractivity contribution in [2.75, 3.05) is 0 Å². The van der Waals surface area contributed by atoms with E-state index in [0.717, 1.165) is 12.8 Å². The molecule has 1 atom stereocenters. The topological polar surface area (TPSA) is 57.5 Å². The lowest BCUT2D eigenvalue weighted by molar-refractivity contribution is -0.139. The summed E-state index contributed by atoms with van der Waals surface area (Å²) in [5.41, 5.74) is 0. The molecule has 0 amide bonds. The second kappa shape index (κ2) is 2.35. The number of carbonyl (C=O) groups is 1. The summed E-state index contributed by atoms with van der Waals surface area (Å²) in [4.78, 5) is 9.98. The lowest BCUT2D eigenvalue weighted by Crippen LogP contribution is -2.14. The van der Waals surface area contributed by atoms with Gasteiger partial charge in [-0.05, 0) is 18.8 Å². The van der Waals surface area contributed by atoms with Gasteiger partial charge in [-0.3, -0.25) is 4.79 Å². The van der Waals surface area contributed by atoms with E-state index >= 15 is 0 Å². The maximum absolute atomic E-state index is 9.98. The van der Waals surface area contributed by atoms with Crippen LogP contribution in [0.15, 0.2) is 0 Å². The molecule has 1 aliphatic carbocycles. The molecule has 0 aromatic carbocycles. The van der Waals surface area contributed by atoms with E-state index < -0.39 is 12.1 Å². The molecule has 1 unspecified atom stereocenters. The average molecular weight is 130 g/mol. The molecule has 0 aromatic heterocycles. The number of carboxylic acid groups (broad SMARTS) is 1. The normalized spacial score (nSPS) is 21.4. The third-order valence-corrected chi connectivity index (χ3v) is 1.55. The first kappa shape index (κ1) is 6.55. The Kier molecular flexibility index (Phi) is 1.71. The standard InChI is InChI=1S/C6H10O3/c7-5(3-6(8)9)4-1-2-4/h4-5,7H,1-3H2,(H,8,9). The first-order valence-electron chi connectivity index (χ1n) is 3.10. The summed E-state index contributed by atoms with van der Waals surface area (Å²) in [5, 5.41) is 17.2. The molecular formula is C6H10O3. The van der Waals surface area contributed by atoms with E-state index in [2.05, 4.69) is 0 Å². The highest BCUT2D eigenvalue weighted by molar-refractivity contribution is 5.67. The van der Waals surface area contributed by atoms with Gasteiger partial charge in [0.2, 0.25) is 0 Å². The molecule has 0 radical (unpaired) electrons. The number of carboxylic acids is 1. The summed E-state index contributed by atoms with van der Waals surface area (Å²) in [6.45, 7) is 0. The van der Waals surface area contributed by atoms with Gasteiger partial charge in [-0.2, -0.15) is 0 Å². The first-order valence-corrected chi connectivity index (χ1v) is 3.10. The van der Waals surface area contributed by atoms with Gasteiger partial charge in [-0.1, -0.05) is 0 Å². The van der Waals surface area contributed by atoms with Gasteiger partial charge < -0.3 is 10.2 Å². The summed E-state index contributed by atoms with van der Waals surface area (Å²) in [6, 6.07) is 0. The third kappa shape index (κ3) is 2.01. The molecule has 3 heteroatoms. The van der Waals surface area contributed by atoms with Crippen molar-refractivity contribution >= 4 is 5.97 Å². The predicted molar refractivity (Wildman–Crippen MR) is 31.0 cm³/mol. The molecule has 0 heterocycles. The Morgan fingerprint density at radius 1 is 1.67 bits per heavy atom. The SMILES string of the molecule is O=C(O)CC(O)C1CC1. The third-order valence-electron chi connectivity index (χ3n) is 1.55. The fraction of sp³-hybridized carbons (Fsp3) is 0.833. The molecule has 9 heavy (non-hydrogen) atoms. The van der Waals surface area contributed by atoms with Gasteiger partial charge >= 0.3 is 5.97 Å². The Hall–Kier alpha value is -0.570. The fourth-order valence-corrected chi connectivity index (χ4v) is 0.827. The Bertz CT molecular complexity index is 117. The van der Waals surface area contributed by atoms with Crippen molar-refractivity contribution in [1.82, 2.24) is 0 Å². The number of aliphatic carboxylic acids is 1. The van der Waals surface area contributed by atoms with Crippen LogP contribution in [0, 0.1) is 5.92 Å². The minimum atomic E-state index is -0.908. The monoisotopic (exact) mass is 130 g/mol. The molecule has 1 saturated carbocycles. The Labute approximate surface area is 53.3 Å². The second-order valence-electron chi connectivity index (χ2n) is 2.50. The van der Waals surface area contributed by atoms with E-state index in [0.29, 0.717) is 0 Å². The first-order chi connectivity index (χ1) is 4.20. The molecule has 0 bridgehead atoms. The molecule has 0 saturated heterocycles. The minimum absolute atomic E-state index is 0.0926. The summed E-state index contributed by atoms with van der Waals surface area (Å²) in [5.74, 6) is -0.629. The molecule has 0 spiro atoms. The molecule has 52 valence electrons. The van der Waals surface area contributed by atoms with Crippen LogP contribution >= 0.6 is 0 Å². The number of hydrogen-bond donors (Lipinski definition) is 2. The van der Waals surface area contributed by atoms with Crippen LogP contribution < -0.4 is 0 Å². The van der Waals surface area contributed by atoms with E-state index in [1.807, 2.05) is 0 Å². The van der Waals surface area contributed by atoms with Crippen molar-refractivity contribution in [1.29, 1.82) is 0 Å². The average Bonchev–Trinajstić information content (AvgIpc) is 2.40. The van der Waals surface area contributed by atoms with Crippen molar-refractivity contribution in [3.8, 4) is 0 Å². The van der Waals surface area contributed by atoms with Crippen molar-refractivity contribution < 1.29 is 15.0 Å². The van der Waals surface area contributed by atoms with Crippen LogP contribution in [0.3, 0.4) is 0 Å². The maximum Gasteiger partial charge on any atom is 0.305 e. The molecule has 0 aliphatic heterocycles. The van der Waals surface area contributed by atoms with Gasteiger partial charge in [0.05, 0.1) is 12.5 Å². The van der Waals surface area contributed by atoms with E-state index in [4.69, 9.17) is 10.2 Å². The Morgan fingerprint density at radius 3 is 2.56 bits per heavy atom. The zero-order valence-electron chi connectivity index (χ0n) is 5.08. The molecule has 1 fully saturated rings. The van der Waals surface area contributed by atoms with E-state index in [-0.39, 0.29) is 12.3 Å². The Morgan fingerprint density at radius 2 is 2.22 bits per heavy atom. The molecule has 2 N–H and O–H groups in total. The van der Waals surface area contributed by atoms with Crippen LogP contribution in [0.5, 0.6) is 0 Å². The van der Waals surface area contributed by atoms with Crippen LogP contribution in [0.25, 0.3) is 0 Å². The van der Waals surface area contributed by atoms with E-state index in [1.54, 1.807) is 0 Å². The summed E-state index contributed by atoms with van der Waals surface area (Å²) < 4.78 is 0. The van der Waals surface area contributed by atoms with Gasteiger partial charge in [0, 0.05) is 0 Å². The zero-order chi connectivity index (χ0) is 6.85. The quantitative estimate of drug-likeness (QED) is 0.575. The predicted octanol–water partition coefficient (Wildman–Crippen LogP) is 0.232. The summed E-state index contributed by atoms with van der Waals surface area (Å²) >= 11 is 0.